The topological polar surface area (TPSA) is 410 Å². The number of aromatic nitrogens is 7. The maximum atomic E-state index is 15.1. The lowest BCUT2D eigenvalue weighted by Gasteiger charge is -2.48. The van der Waals surface area contributed by atoms with Crippen LogP contribution in [0.3, 0.4) is 0 Å². The summed E-state index contributed by atoms with van der Waals surface area (Å²) in [6.45, 7) is 4.29. The van der Waals surface area contributed by atoms with Gasteiger partial charge in [-0.2, -0.15) is 4.73 Å². The second kappa shape index (κ2) is 25.6. The number of nitrogens with one attached hydrogen (secondary N) is 4. The zero-order chi connectivity index (χ0) is 66.1. The Hall–Kier alpha value is -8.75. The number of thiazole rings is 5. The van der Waals surface area contributed by atoms with E-state index in [1.54, 1.807) is 45.0 Å². The number of allylic oxidation sites excluding steroid dienone is 1. The van der Waals surface area contributed by atoms with Crippen molar-refractivity contribution in [1.82, 2.24) is 60.8 Å². The number of aromatic hydroxyl groups is 1. The van der Waals surface area contributed by atoms with Crippen molar-refractivity contribution < 1.29 is 87.6 Å². The standard InChI is InChI=1S/C58H56N12O18S5/c1-21(71)37-49(76)67-38(22(2)83-7)52-62-31(19-91-52)48(75)68-41-43-44(88-35-12-58(4,81)45(69(5)6)23(3)87-35)57(80)85-13-24-9-8-10-33-36(24)26(14-84-43)42(70(33)82)56(79)86-15-27(59-46(73)29-18-92-54(41)63-29)51-60-28(16-90-51)39-25(50-61-30(17-89-50)47(74)66-37)11-34(72)40(65-39)53-64-32(20-93-53)55(77)78/h8-11,16-21,23,27,35,37,41,43-45,71-72,81-82H,12-15H2,1-7H3,(H,59,73)(H,66,74)(H,67,76)(H,68,75)(H,77,78)/b38-22+/t21-,23+,27+,35+,37+,41+,43+,44+,45-,58+/m1/s1. The third kappa shape index (κ3) is 12.4. The number of likely N-dealkylation sites (N-methyl/N-ethyl adjacent to an activating group) is 1. The van der Waals surface area contributed by atoms with E-state index in [4.69, 9.17) is 43.4 Å². The van der Waals surface area contributed by atoms with Crippen molar-refractivity contribution in [3.05, 3.63) is 112 Å². The van der Waals surface area contributed by atoms with Crippen LogP contribution >= 0.6 is 56.7 Å². The third-order valence-electron chi connectivity index (χ3n) is 15.7. The Morgan fingerprint density at radius 2 is 1.49 bits per heavy atom. The Bertz CT molecular complexity index is 4360. The average Bonchev–Trinajstić information content (AvgIpc) is 1.63. The smallest absolute Gasteiger partial charge is 0.358 e. The van der Waals surface area contributed by atoms with Gasteiger partial charge in [0.15, 0.2) is 23.8 Å². The molecule has 0 aliphatic carbocycles. The number of nitrogens with zero attached hydrogens (tertiary/aromatic N) is 8. The number of amides is 4. The van der Waals surface area contributed by atoms with Gasteiger partial charge in [-0.15, -0.1) is 56.7 Å². The molecular formula is C58H56N12O18S5. The minimum absolute atomic E-state index is 0.00561. The van der Waals surface area contributed by atoms with Crippen LogP contribution in [0.5, 0.6) is 5.75 Å². The summed E-state index contributed by atoms with van der Waals surface area (Å²) in [5.41, 5.74) is -2.82. The highest BCUT2D eigenvalue weighted by molar-refractivity contribution is 7.14. The van der Waals surface area contributed by atoms with Crippen molar-refractivity contribution in [2.24, 2.45) is 0 Å². The van der Waals surface area contributed by atoms with E-state index in [-0.39, 0.29) is 105 Å². The van der Waals surface area contributed by atoms with Gasteiger partial charge in [0.05, 0.1) is 43.1 Å². The second-order valence-corrected chi connectivity index (χ2v) is 26.7. The number of carbonyl (C=O) groups excluding carboxylic acids is 6. The van der Waals surface area contributed by atoms with Crippen LogP contribution in [-0.4, -0.2) is 183 Å². The van der Waals surface area contributed by atoms with Crippen molar-refractivity contribution >= 4 is 115 Å². The number of fused-ring (bicyclic) bond motifs is 15. The predicted molar refractivity (Wildman–Crippen MR) is 331 cm³/mol. The Kier molecular flexibility index (Phi) is 17.7. The number of carboxylic acid groups (broad SMARTS) is 1. The van der Waals surface area contributed by atoms with Gasteiger partial charge < -0.3 is 80.2 Å². The van der Waals surface area contributed by atoms with E-state index in [2.05, 4.69) is 36.2 Å². The SMILES string of the molecule is CO/C(C)=C1/NC(=O)[C@H]([C@@H](C)O)NC(=O)c2csc(n2)-c2cc(O)c(-c3nc(C(=O)O)cs3)nc2-c2csc(n2)[C@@H]2COC(=O)c3c4c5c(cccc5n3O)COC(=O)[C@@H](O[C@H]3C[C@](C)(O)[C@H](N(C)C)[C@H](C)O3)[C@@H](OC4)[C@H](NC(=O)c3csc1n3)c1nc(cs1)C(=O)N2. The maximum Gasteiger partial charge on any atom is 0.358 e. The maximum absolute atomic E-state index is 15.1. The first-order chi connectivity index (χ1) is 44.4. The number of aliphatic hydroxyl groups is 2. The van der Waals surface area contributed by atoms with E-state index in [1.165, 1.54) is 60.0 Å². The summed E-state index contributed by atoms with van der Waals surface area (Å²) in [6, 6.07) is 0.715. The van der Waals surface area contributed by atoms with Crippen molar-refractivity contribution in [1.29, 1.82) is 0 Å². The Morgan fingerprint density at radius 1 is 0.828 bits per heavy atom. The van der Waals surface area contributed by atoms with E-state index in [9.17, 15) is 49.6 Å². The number of benzene rings is 1. The number of ether oxygens (including phenoxy) is 6. The zero-order valence-electron chi connectivity index (χ0n) is 49.9. The lowest BCUT2D eigenvalue weighted by molar-refractivity contribution is -0.280. The number of rotatable bonds is 7. The molecule has 7 aromatic heterocycles. The highest BCUT2D eigenvalue weighted by Gasteiger charge is 2.50. The van der Waals surface area contributed by atoms with Gasteiger partial charge in [0.1, 0.15) is 114 Å². The molecule has 486 valence electrons. The second-order valence-electron chi connectivity index (χ2n) is 22.3. The monoisotopic (exact) mass is 1370 g/mol. The number of cyclic esters (lactones) is 2. The molecule has 0 saturated carbocycles. The fourth-order valence-electron chi connectivity index (χ4n) is 11.5. The fraction of sp³-hybridized carbons (Fsp3) is 0.362. The number of methoxy groups -OCH3 is 1. The molecule has 11 heterocycles. The first kappa shape index (κ1) is 64.4. The van der Waals surface area contributed by atoms with E-state index >= 15 is 9.59 Å². The summed E-state index contributed by atoms with van der Waals surface area (Å²) in [5, 5.41) is 74.6. The number of hydrogen-bond acceptors (Lipinski definition) is 29. The van der Waals surface area contributed by atoms with Crippen LogP contribution in [0.1, 0.15) is 125 Å². The average molecular weight is 1370 g/mol. The molecule has 0 unspecified atom stereocenters. The van der Waals surface area contributed by atoms with Gasteiger partial charge in [-0.1, -0.05) is 12.1 Å². The van der Waals surface area contributed by atoms with Gasteiger partial charge in [0.25, 0.3) is 17.7 Å². The van der Waals surface area contributed by atoms with Gasteiger partial charge >= 0.3 is 17.9 Å². The predicted octanol–water partition coefficient (Wildman–Crippen LogP) is 4.86. The molecule has 35 heteroatoms. The van der Waals surface area contributed by atoms with E-state index in [1.807, 2.05) is 0 Å². The van der Waals surface area contributed by atoms with Crippen LogP contribution in [-0.2, 0) is 51.2 Å². The molecule has 0 radical (unpaired) electrons. The van der Waals surface area contributed by atoms with E-state index < -0.39 is 133 Å². The molecular weight excluding hydrogens is 1310 g/mol. The molecule has 4 aliphatic rings. The van der Waals surface area contributed by atoms with Crippen molar-refractivity contribution in [3.8, 4) is 38.4 Å². The molecule has 9 N–H and O–H groups in total. The van der Waals surface area contributed by atoms with E-state index in [0.29, 0.717) is 10.3 Å². The molecule has 93 heavy (non-hydrogen) atoms. The van der Waals surface area contributed by atoms with Gasteiger partial charge in [-0.3, -0.25) is 19.2 Å². The van der Waals surface area contributed by atoms with Crippen LogP contribution in [0.25, 0.3) is 49.3 Å². The van der Waals surface area contributed by atoms with Gasteiger partial charge in [-0.05, 0) is 59.5 Å². The number of carboxylic acids is 1. The molecule has 4 amide bonds. The number of aromatic carboxylic acids is 1. The summed E-state index contributed by atoms with van der Waals surface area (Å²) in [4.78, 5) is 130. The summed E-state index contributed by atoms with van der Waals surface area (Å²) >= 11 is 4.49. The molecule has 4 aliphatic heterocycles. The number of carbonyl (C=O) groups is 7. The van der Waals surface area contributed by atoms with Crippen LogP contribution in [0.2, 0.25) is 0 Å². The highest BCUT2D eigenvalue weighted by atomic mass is 32.1. The Balaban J connectivity index is 1.05. The molecule has 1 fully saturated rings. The van der Waals surface area contributed by atoms with Gasteiger partial charge in [0, 0.05) is 49.8 Å². The molecule has 10 atom stereocenters. The lowest BCUT2D eigenvalue weighted by atomic mass is 9.85. The quantitative estimate of drug-likeness (QED) is 0.0584. The Morgan fingerprint density at radius 3 is 2.20 bits per heavy atom. The molecule has 30 nitrogen and oxygen atoms in total. The molecule has 0 spiro atoms. The van der Waals surface area contributed by atoms with Crippen LogP contribution in [0.15, 0.2) is 56.9 Å². The van der Waals surface area contributed by atoms with Crippen LogP contribution in [0, 0.1) is 0 Å². The summed E-state index contributed by atoms with van der Waals surface area (Å²) < 4.78 is 38.1. The number of aliphatic hydroxyl groups excluding tert-OH is 1. The van der Waals surface area contributed by atoms with E-state index in [0.717, 1.165) is 56.7 Å². The molecule has 12 rings (SSSR count). The number of hydrogen-bond donors (Lipinski definition) is 9. The minimum Gasteiger partial charge on any atom is -0.506 e. The van der Waals surface area contributed by atoms with Gasteiger partial charge in [-0.25, -0.2) is 44.3 Å². The largest absolute Gasteiger partial charge is 0.506 e. The summed E-state index contributed by atoms with van der Waals surface area (Å²) in [6.07, 6.45) is -7.49. The van der Waals surface area contributed by atoms with Crippen molar-refractivity contribution in [2.75, 3.05) is 27.8 Å². The van der Waals surface area contributed by atoms with Crippen molar-refractivity contribution in [2.45, 2.75) is 108 Å². The third-order valence-corrected chi connectivity index (χ3v) is 20.2. The van der Waals surface area contributed by atoms with Crippen LogP contribution < -0.4 is 21.3 Å². The molecule has 8 aromatic rings. The van der Waals surface area contributed by atoms with Gasteiger partial charge in [0.2, 0.25) is 5.91 Å². The first-order valence-corrected chi connectivity index (χ1v) is 32.7. The Labute approximate surface area is 545 Å². The summed E-state index contributed by atoms with van der Waals surface area (Å²) in [7, 11) is 4.85. The summed E-state index contributed by atoms with van der Waals surface area (Å²) in [5.74, 6) is -7.66. The number of pyridine rings is 1. The zero-order valence-corrected chi connectivity index (χ0v) is 54.0. The van der Waals surface area contributed by atoms with Crippen LogP contribution in [0.4, 0.5) is 0 Å². The number of esters is 2. The molecule has 12 bridgehead atoms. The normalized spacial score (nSPS) is 24.8. The molecule has 1 saturated heterocycles. The minimum atomic E-state index is -1.91. The fourth-order valence-corrected chi connectivity index (χ4v) is 15.6. The lowest BCUT2D eigenvalue weighted by Crippen LogP contribution is -2.62. The van der Waals surface area contributed by atoms with Crippen molar-refractivity contribution in [3.63, 3.8) is 0 Å². The highest BCUT2D eigenvalue weighted by Crippen LogP contribution is 2.43. The molecule has 1 aromatic carbocycles. The first-order valence-electron chi connectivity index (χ1n) is 28.3.